The molecular weight excluding hydrogens is 350 g/mol. The summed E-state index contributed by atoms with van der Waals surface area (Å²) in [6.45, 7) is 2.27. The highest BCUT2D eigenvalue weighted by molar-refractivity contribution is 6.35. The maximum absolute atomic E-state index is 6.70. The molecule has 1 nitrogen and oxygen atoms in total. The van der Waals surface area contributed by atoms with Crippen molar-refractivity contribution >= 4 is 48.8 Å². The Bertz CT molecular complexity index is 1290. The molecule has 0 aliphatic rings. The van der Waals surface area contributed by atoms with Gasteiger partial charge in [0.15, 0.2) is 0 Å². The van der Waals surface area contributed by atoms with Crippen molar-refractivity contribution < 1.29 is 0 Å². The lowest BCUT2D eigenvalue weighted by atomic mass is 9.86. The zero-order chi connectivity index (χ0) is 19.8. The quantitative estimate of drug-likeness (QED) is 0.131. The van der Waals surface area contributed by atoms with E-state index >= 15 is 0 Å². The molecule has 0 saturated heterocycles. The maximum atomic E-state index is 6.70. The summed E-state index contributed by atoms with van der Waals surface area (Å²) in [4.78, 5) is 0. The highest BCUT2D eigenvalue weighted by Gasteiger charge is 2.16. The first-order chi connectivity index (χ1) is 14.3. The predicted octanol–water partition coefficient (Wildman–Crippen LogP) is 8.22. The second kappa shape index (κ2) is 7.55. The molecule has 0 aromatic heterocycles. The zero-order valence-electron chi connectivity index (χ0n) is 17.3. The number of hydrogen-bond acceptors (Lipinski definition) is 1. The molecule has 2 N–H and O–H groups in total. The Balaban J connectivity index is 1.68. The molecule has 0 bridgehead atoms. The van der Waals surface area contributed by atoms with Crippen molar-refractivity contribution in [1.82, 2.24) is 0 Å². The number of unbranched alkanes of at least 4 members (excludes halogenated alkanes) is 5. The molecular formula is C28H29N. The van der Waals surface area contributed by atoms with Crippen LogP contribution in [0.1, 0.15) is 51.0 Å². The van der Waals surface area contributed by atoms with Crippen LogP contribution in [-0.4, -0.2) is 0 Å². The van der Waals surface area contributed by atoms with Gasteiger partial charge in [0.2, 0.25) is 0 Å². The zero-order valence-corrected chi connectivity index (χ0v) is 17.3. The summed E-state index contributed by atoms with van der Waals surface area (Å²) in [7, 11) is 0. The second-order valence-corrected chi connectivity index (χ2v) is 8.46. The van der Waals surface area contributed by atoms with E-state index in [-0.39, 0.29) is 0 Å². The van der Waals surface area contributed by atoms with Gasteiger partial charge < -0.3 is 5.73 Å². The Morgan fingerprint density at radius 3 is 2.03 bits per heavy atom. The van der Waals surface area contributed by atoms with E-state index in [9.17, 15) is 0 Å². The van der Waals surface area contributed by atoms with Gasteiger partial charge in [0.25, 0.3) is 0 Å². The van der Waals surface area contributed by atoms with Gasteiger partial charge in [-0.3, -0.25) is 0 Å². The minimum atomic E-state index is 0.924. The van der Waals surface area contributed by atoms with Crippen LogP contribution >= 0.6 is 0 Å². The normalized spacial score (nSPS) is 12.0. The van der Waals surface area contributed by atoms with Crippen molar-refractivity contribution in [2.24, 2.45) is 0 Å². The highest BCUT2D eigenvalue weighted by atomic mass is 14.6. The number of benzene rings is 5. The topological polar surface area (TPSA) is 26.0 Å². The van der Waals surface area contributed by atoms with Crippen molar-refractivity contribution in [1.29, 1.82) is 0 Å². The predicted molar refractivity (Wildman–Crippen MR) is 129 cm³/mol. The van der Waals surface area contributed by atoms with Crippen LogP contribution in [0.15, 0.2) is 60.7 Å². The lowest BCUT2D eigenvalue weighted by Gasteiger charge is -2.18. The van der Waals surface area contributed by atoms with Gasteiger partial charge in [-0.2, -0.15) is 0 Å². The third-order valence-electron chi connectivity index (χ3n) is 6.54. The van der Waals surface area contributed by atoms with E-state index in [1.807, 2.05) is 0 Å². The van der Waals surface area contributed by atoms with Gasteiger partial charge in [0.05, 0.1) is 0 Å². The lowest BCUT2D eigenvalue weighted by Crippen LogP contribution is -1.97. The lowest BCUT2D eigenvalue weighted by molar-refractivity contribution is 0.608. The molecule has 146 valence electrons. The molecule has 0 spiro atoms. The molecule has 0 aliphatic carbocycles. The molecule has 0 radical (unpaired) electrons. The van der Waals surface area contributed by atoms with Crippen molar-refractivity contribution in [3.63, 3.8) is 0 Å². The van der Waals surface area contributed by atoms with E-state index in [1.54, 1.807) is 0 Å². The SMILES string of the molecule is CCCCCCCCc1cc(N)c2c3cccc4cccc(c5cccc1c52)c43. The molecule has 0 unspecified atom stereocenters. The van der Waals surface area contributed by atoms with Crippen LogP contribution in [0.3, 0.4) is 0 Å². The van der Waals surface area contributed by atoms with E-state index in [0.29, 0.717) is 0 Å². The molecule has 0 aliphatic heterocycles. The average molecular weight is 380 g/mol. The van der Waals surface area contributed by atoms with Gasteiger partial charge in [0.1, 0.15) is 0 Å². The van der Waals surface area contributed by atoms with Gasteiger partial charge >= 0.3 is 0 Å². The molecule has 0 saturated carbocycles. The highest BCUT2D eigenvalue weighted by Crippen LogP contribution is 2.43. The summed E-state index contributed by atoms with van der Waals surface area (Å²) in [6.07, 6.45) is 9.04. The van der Waals surface area contributed by atoms with Crippen LogP contribution < -0.4 is 5.73 Å². The number of nitrogens with two attached hydrogens (primary N) is 1. The minimum absolute atomic E-state index is 0.924. The van der Waals surface area contributed by atoms with Gasteiger partial charge in [-0.25, -0.2) is 0 Å². The number of anilines is 1. The Kier molecular flexibility index (Phi) is 4.75. The molecule has 29 heavy (non-hydrogen) atoms. The van der Waals surface area contributed by atoms with Crippen LogP contribution in [0.4, 0.5) is 5.69 Å². The number of fused-ring (bicyclic) bond motifs is 2. The van der Waals surface area contributed by atoms with Crippen LogP contribution in [0.25, 0.3) is 43.1 Å². The van der Waals surface area contributed by atoms with Gasteiger partial charge in [-0.05, 0) is 62.2 Å². The first kappa shape index (κ1) is 18.2. The number of aryl methyl sites for hydroxylation is 1. The molecule has 0 atom stereocenters. The van der Waals surface area contributed by atoms with Crippen LogP contribution in [0.2, 0.25) is 0 Å². The molecule has 5 aromatic rings. The Morgan fingerprint density at radius 1 is 0.621 bits per heavy atom. The Morgan fingerprint density at radius 2 is 1.24 bits per heavy atom. The molecule has 0 amide bonds. The number of hydrogen-bond donors (Lipinski definition) is 1. The third-order valence-corrected chi connectivity index (χ3v) is 6.54. The summed E-state index contributed by atoms with van der Waals surface area (Å²) in [5.74, 6) is 0. The molecule has 1 heteroatoms. The van der Waals surface area contributed by atoms with Gasteiger partial charge in [-0.15, -0.1) is 0 Å². The first-order valence-corrected chi connectivity index (χ1v) is 11.2. The van der Waals surface area contributed by atoms with Crippen LogP contribution in [0, 0.1) is 0 Å². The Hall–Kier alpha value is -2.80. The fraction of sp³-hybridized carbons (Fsp3) is 0.286. The van der Waals surface area contributed by atoms with Crippen molar-refractivity contribution in [3.8, 4) is 0 Å². The van der Waals surface area contributed by atoms with Gasteiger partial charge in [-0.1, -0.05) is 93.6 Å². The summed E-state index contributed by atoms with van der Waals surface area (Å²) in [5.41, 5.74) is 9.03. The van der Waals surface area contributed by atoms with Gasteiger partial charge in [0, 0.05) is 11.1 Å². The standard InChI is InChI=1S/C28H29N/c1-2-3-4-5-6-7-11-20-18-25(29)28-24-17-9-13-19-12-8-15-22(26(19)24)23-16-10-14-21(20)27(23)28/h8-10,12-18H,2-7,11,29H2,1H3. The number of rotatable bonds is 7. The second-order valence-electron chi connectivity index (χ2n) is 8.46. The molecule has 5 rings (SSSR count). The van der Waals surface area contributed by atoms with E-state index in [4.69, 9.17) is 5.73 Å². The fourth-order valence-electron chi connectivity index (χ4n) is 5.16. The third kappa shape index (κ3) is 3.00. The average Bonchev–Trinajstić information content (AvgIpc) is 2.75. The van der Waals surface area contributed by atoms with E-state index in [1.165, 1.54) is 87.2 Å². The molecule has 0 fully saturated rings. The van der Waals surface area contributed by atoms with Crippen LogP contribution in [-0.2, 0) is 6.42 Å². The number of nitrogen functional groups attached to an aromatic ring is 1. The maximum Gasteiger partial charge on any atom is 0.0403 e. The van der Waals surface area contributed by atoms with E-state index < -0.39 is 0 Å². The summed E-state index contributed by atoms with van der Waals surface area (Å²) in [5, 5.41) is 10.5. The van der Waals surface area contributed by atoms with Crippen LogP contribution in [0.5, 0.6) is 0 Å². The summed E-state index contributed by atoms with van der Waals surface area (Å²) >= 11 is 0. The van der Waals surface area contributed by atoms with E-state index in [0.717, 1.165) is 12.1 Å². The fourth-order valence-corrected chi connectivity index (χ4v) is 5.16. The summed E-state index contributed by atoms with van der Waals surface area (Å²) < 4.78 is 0. The smallest absolute Gasteiger partial charge is 0.0403 e. The molecule has 5 aromatic carbocycles. The van der Waals surface area contributed by atoms with E-state index in [2.05, 4.69) is 67.6 Å². The minimum Gasteiger partial charge on any atom is -0.398 e. The molecule has 0 heterocycles. The largest absolute Gasteiger partial charge is 0.398 e. The first-order valence-electron chi connectivity index (χ1n) is 11.2. The van der Waals surface area contributed by atoms with Crippen molar-refractivity contribution in [2.75, 3.05) is 5.73 Å². The van der Waals surface area contributed by atoms with Crippen molar-refractivity contribution in [2.45, 2.75) is 51.9 Å². The summed E-state index contributed by atoms with van der Waals surface area (Å²) in [6, 6.07) is 22.3. The monoisotopic (exact) mass is 379 g/mol. The van der Waals surface area contributed by atoms with Crippen molar-refractivity contribution in [3.05, 3.63) is 66.2 Å². The Labute approximate surface area is 172 Å².